The molecule has 0 saturated heterocycles. The molecule has 0 saturated carbocycles. The van der Waals surface area contributed by atoms with Gasteiger partial charge in [0.15, 0.2) is 0 Å². The smallest absolute Gasteiger partial charge is 0.341 e. The van der Waals surface area contributed by atoms with E-state index < -0.39 is 10.9 Å². The number of hydrogen-bond donors (Lipinski definition) is 1. The Labute approximate surface area is 178 Å². The average molecular weight is 429 g/mol. The Morgan fingerprint density at radius 1 is 1.33 bits per heavy atom. The summed E-state index contributed by atoms with van der Waals surface area (Å²) in [6.45, 7) is 4.46. The summed E-state index contributed by atoms with van der Waals surface area (Å²) in [4.78, 5) is 36.5. The van der Waals surface area contributed by atoms with Crippen molar-refractivity contribution in [3.8, 4) is 0 Å². The van der Waals surface area contributed by atoms with E-state index in [2.05, 4.69) is 12.2 Å². The van der Waals surface area contributed by atoms with E-state index in [0.29, 0.717) is 28.7 Å². The first-order chi connectivity index (χ1) is 14.4. The van der Waals surface area contributed by atoms with Gasteiger partial charge in [0.05, 0.1) is 17.1 Å². The van der Waals surface area contributed by atoms with E-state index in [1.165, 1.54) is 29.5 Å². The van der Waals surface area contributed by atoms with Crippen molar-refractivity contribution < 1.29 is 19.2 Å². The Balaban J connectivity index is 1.78. The predicted molar refractivity (Wildman–Crippen MR) is 117 cm³/mol. The normalized spacial score (nSPS) is 15.6. The van der Waals surface area contributed by atoms with E-state index in [4.69, 9.17) is 4.74 Å². The molecule has 1 amide bonds. The lowest BCUT2D eigenvalue weighted by Gasteiger charge is -2.18. The van der Waals surface area contributed by atoms with Crippen LogP contribution in [-0.2, 0) is 22.4 Å². The number of ether oxygens (including phenoxy) is 1. The number of carbonyl (C=O) groups is 2. The second-order valence-electron chi connectivity index (χ2n) is 7.36. The molecule has 0 spiro atoms. The highest BCUT2D eigenvalue weighted by Gasteiger charge is 2.29. The molecule has 1 aromatic heterocycles. The van der Waals surface area contributed by atoms with Crippen LogP contribution in [0.1, 0.15) is 53.1 Å². The van der Waals surface area contributed by atoms with Gasteiger partial charge in [0.1, 0.15) is 5.00 Å². The second-order valence-corrected chi connectivity index (χ2v) is 8.47. The SMILES string of the molecule is CCCOC(=O)c1c(NC(=O)/C=C/c2ccc([N+](=O)[O-])cc2)sc2c1CC[C@@H](C)C2. The first-order valence-corrected chi connectivity index (χ1v) is 10.8. The van der Waals surface area contributed by atoms with Crippen molar-refractivity contribution in [1.29, 1.82) is 0 Å². The highest BCUT2D eigenvalue weighted by Crippen LogP contribution is 2.40. The quantitative estimate of drug-likeness (QED) is 0.290. The Morgan fingerprint density at radius 3 is 2.73 bits per heavy atom. The van der Waals surface area contributed by atoms with Gasteiger partial charge in [-0.2, -0.15) is 0 Å². The van der Waals surface area contributed by atoms with Gasteiger partial charge >= 0.3 is 5.97 Å². The van der Waals surface area contributed by atoms with Gasteiger partial charge in [0, 0.05) is 23.1 Å². The van der Waals surface area contributed by atoms with Crippen LogP contribution < -0.4 is 5.32 Å². The molecule has 0 bridgehead atoms. The summed E-state index contributed by atoms with van der Waals surface area (Å²) in [7, 11) is 0. The Bertz CT molecular complexity index is 978. The number of hydrogen-bond acceptors (Lipinski definition) is 6. The topological polar surface area (TPSA) is 98.5 Å². The zero-order valence-corrected chi connectivity index (χ0v) is 17.8. The van der Waals surface area contributed by atoms with Crippen molar-refractivity contribution in [2.45, 2.75) is 39.5 Å². The van der Waals surface area contributed by atoms with Gasteiger partial charge in [0.25, 0.3) is 5.69 Å². The van der Waals surface area contributed by atoms with Gasteiger partial charge < -0.3 is 10.1 Å². The monoisotopic (exact) mass is 428 g/mol. The maximum absolute atomic E-state index is 12.6. The number of non-ortho nitro benzene ring substituents is 1. The van der Waals surface area contributed by atoms with E-state index in [1.807, 2.05) is 6.92 Å². The molecule has 1 heterocycles. The van der Waals surface area contributed by atoms with Crippen molar-refractivity contribution in [2.24, 2.45) is 5.92 Å². The largest absolute Gasteiger partial charge is 0.462 e. The molecule has 0 aliphatic heterocycles. The number of nitro benzene ring substituents is 1. The summed E-state index contributed by atoms with van der Waals surface area (Å²) < 4.78 is 5.35. The van der Waals surface area contributed by atoms with Crippen LogP contribution in [0, 0.1) is 16.0 Å². The molecule has 1 atom stereocenters. The fraction of sp³-hybridized carbons (Fsp3) is 0.364. The third-order valence-electron chi connectivity index (χ3n) is 4.92. The zero-order valence-electron chi connectivity index (χ0n) is 17.0. The van der Waals surface area contributed by atoms with Crippen LogP contribution in [-0.4, -0.2) is 23.4 Å². The maximum Gasteiger partial charge on any atom is 0.341 e. The number of amides is 1. The number of esters is 1. The lowest BCUT2D eigenvalue weighted by molar-refractivity contribution is -0.384. The molecule has 0 unspecified atom stereocenters. The fourth-order valence-corrected chi connectivity index (χ4v) is 4.76. The molecule has 30 heavy (non-hydrogen) atoms. The van der Waals surface area contributed by atoms with Crippen molar-refractivity contribution in [3.05, 3.63) is 62.0 Å². The number of nitro groups is 1. The first-order valence-electron chi connectivity index (χ1n) is 9.94. The van der Waals surface area contributed by atoms with E-state index in [1.54, 1.807) is 18.2 Å². The molecule has 0 fully saturated rings. The molecule has 0 radical (unpaired) electrons. The molecule has 158 valence electrons. The van der Waals surface area contributed by atoms with Gasteiger partial charge in [-0.25, -0.2) is 4.79 Å². The minimum absolute atomic E-state index is 0.00905. The van der Waals surface area contributed by atoms with Crippen LogP contribution in [0.2, 0.25) is 0 Å². The molecule has 7 nitrogen and oxygen atoms in total. The van der Waals surface area contributed by atoms with E-state index in [-0.39, 0.29) is 11.6 Å². The number of anilines is 1. The Kier molecular flexibility index (Phi) is 6.99. The molecule has 8 heteroatoms. The molecule has 1 aliphatic rings. The minimum atomic E-state index is -0.473. The van der Waals surface area contributed by atoms with Crippen LogP contribution in [0.5, 0.6) is 0 Å². The van der Waals surface area contributed by atoms with Crippen LogP contribution in [0.25, 0.3) is 6.08 Å². The van der Waals surface area contributed by atoms with Crippen molar-refractivity contribution >= 4 is 40.0 Å². The van der Waals surface area contributed by atoms with E-state index in [9.17, 15) is 19.7 Å². The maximum atomic E-state index is 12.6. The van der Waals surface area contributed by atoms with Gasteiger partial charge in [-0.3, -0.25) is 14.9 Å². The Hall–Kier alpha value is -3.00. The number of rotatable bonds is 7. The molecular weight excluding hydrogens is 404 g/mol. The number of nitrogens with one attached hydrogen (secondary N) is 1. The van der Waals surface area contributed by atoms with Gasteiger partial charge in [-0.05, 0) is 60.9 Å². The molecule has 1 N–H and O–H groups in total. The summed E-state index contributed by atoms with van der Waals surface area (Å²) in [6, 6.07) is 5.91. The van der Waals surface area contributed by atoms with Crippen LogP contribution >= 0.6 is 11.3 Å². The summed E-state index contributed by atoms with van der Waals surface area (Å²) in [5, 5.41) is 14.1. The highest BCUT2D eigenvalue weighted by molar-refractivity contribution is 7.17. The summed E-state index contributed by atoms with van der Waals surface area (Å²) in [5.41, 5.74) is 2.13. The third kappa shape index (κ3) is 5.13. The zero-order chi connectivity index (χ0) is 21.7. The van der Waals surface area contributed by atoms with Crippen LogP contribution in [0.3, 0.4) is 0 Å². The van der Waals surface area contributed by atoms with E-state index in [0.717, 1.165) is 36.1 Å². The predicted octanol–water partition coefficient (Wildman–Crippen LogP) is 5.00. The highest BCUT2D eigenvalue weighted by atomic mass is 32.1. The van der Waals surface area contributed by atoms with Gasteiger partial charge in [-0.15, -0.1) is 11.3 Å². The molecule has 1 aliphatic carbocycles. The number of carbonyl (C=O) groups excluding carboxylic acids is 2. The van der Waals surface area contributed by atoms with Crippen molar-refractivity contribution in [1.82, 2.24) is 0 Å². The molecule has 1 aromatic carbocycles. The lowest BCUT2D eigenvalue weighted by Crippen LogP contribution is -2.16. The Morgan fingerprint density at radius 2 is 2.07 bits per heavy atom. The van der Waals surface area contributed by atoms with E-state index >= 15 is 0 Å². The van der Waals surface area contributed by atoms with Gasteiger partial charge in [0.2, 0.25) is 5.91 Å². The standard InChI is InChI=1S/C22H24N2O5S/c1-3-12-29-22(26)20-17-10-4-14(2)13-18(17)30-21(20)23-19(25)11-7-15-5-8-16(9-6-15)24(27)28/h5-9,11,14H,3-4,10,12-13H2,1-2H3,(H,23,25)/b11-7+/t14-/m1/s1. The molecular formula is C22H24N2O5S. The number of nitrogens with zero attached hydrogens (tertiary/aromatic N) is 1. The first kappa shape index (κ1) is 21.7. The van der Waals surface area contributed by atoms with Gasteiger partial charge in [-0.1, -0.05) is 13.8 Å². The summed E-state index contributed by atoms with van der Waals surface area (Å²) >= 11 is 1.44. The summed E-state index contributed by atoms with van der Waals surface area (Å²) in [6.07, 6.45) is 6.36. The average Bonchev–Trinajstić information content (AvgIpc) is 3.07. The van der Waals surface area contributed by atoms with Crippen molar-refractivity contribution in [3.63, 3.8) is 0 Å². The fourth-order valence-electron chi connectivity index (χ4n) is 3.35. The third-order valence-corrected chi connectivity index (χ3v) is 6.09. The minimum Gasteiger partial charge on any atom is -0.462 e. The number of thiophene rings is 1. The molecule has 3 rings (SSSR count). The second kappa shape index (κ2) is 9.67. The lowest BCUT2D eigenvalue weighted by atomic mass is 9.88. The summed E-state index contributed by atoms with van der Waals surface area (Å²) in [5.74, 6) is -0.218. The number of benzene rings is 1. The van der Waals surface area contributed by atoms with Crippen LogP contribution in [0.4, 0.5) is 10.7 Å². The number of fused-ring (bicyclic) bond motifs is 1. The van der Waals surface area contributed by atoms with Crippen LogP contribution in [0.15, 0.2) is 30.3 Å². The van der Waals surface area contributed by atoms with Crippen molar-refractivity contribution in [2.75, 3.05) is 11.9 Å². The molecule has 2 aromatic rings.